The van der Waals surface area contributed by atoms with Crippen LogP contribution in [-0.4, -0.2) is 18.3 Å². The fourth-order valence-corrected chi connectivity index (χ4v) is 1.16. The number of hydrogen-bond acceptors (Lipinski definition) is 1. The summed E-state index contributed by atoms with van der Waals surface area (Å²) in [5.74, 6) is 0. The molecule has 0 saturated heterocycles. The minimum Gasteiger partial charge on any atom is -0.312 e. The molecule has 3 heteroatoms. The second kappa shape index (κ2) is 4.14. The van der Waals surface area contributed by atoms with Crippen LogP contribution in [0.2, 0.25) is 0 Å². The average Bonchev–Trinajstić information content (AvgIpc) is 1.60. The van der Waals surface area contributed by atoms with Gasteiger partial charge in [0.1, 0.15) is 6.17 Å². The van der Waals surface area contributed by atoms with Crippen molar-refractivity contribution in [2.45, 2.75) is 44.9 Å². The van der Waals surface area contributed by atoms with Gasteiger partial charge in [0.25, 0.3) is 0 Å². The summed E-state index contributed by atoms with van der Waals surface area (Å²) >= 11 is 0. The maximum Gasteiger partial charge on any atom is 0.103 e. The predicted octanol–water partition coefficient (Wildman–Crippen LogP) is 1.91. The lowest BCUT2D eigenvalue weighted by Gasteiger charge is -2.32. The largest absolute Gasteiger partial charge is 0.312 e. The Hall–Kier alpha value is 0.180. The molecule has 0 aromatic carbocycles. The molecule has 0 unspecified atom stereocenters. The Morgan fingerprint density at radius 2 is 1.90 bits per heavy atom. The normalized spacial score (nSPS) is 31.2. The van der Waals surface area contributed by atoms with Crippen molar-refractivity contribution < 1.29 is 4.39 Å². The van der Waals surface area contributed by atoms with Gasteiger partial charge in [0, 0.05) is 12.1 Å². The van der Waals surface area contributed by atoms with Crippen molar-refractivity contribution in [1.82, 2.24) is 5.32 Å². The molecule has 10 heavy (non-hydrogen) atoms. The predicted molar refractivity (Wildman–Crippen MR) is 43.4 cm³/mol. The molecule has 0 radical (unpaired) electrons. The molecule has 0 heterocycles. The first-order valence-corrected chi connectivity index (χ1v) is 3.58. The number of alkyl halides is 1. The smallest absolute Gasteiger partial charge is 0.103 e. The van der Waals surface area contributed by atoms with Gasteiger partial charge < -0.3 is 5.32 Å². The van der Waals surface area contributed by atoms with Crippen molar-refractivity contribution in [3.05, 3.63) is 0 Å². The molecule has 0 aliphatic heterocycles. The molecule has 0 spiro atoms. The Morgan fingerprint density at radius 1 is 1.40 bits per heavy atom. The van der Waals surface area contributed by atoms with Gasteiger partial charge in [-0.3, -0.25) is 0 Å². The molecule has 62 valence electrons. The Morgan fingerprint density at radius 3 is 2.20 bits per heavy atom. The molecule has 0 amide bonds. The van der Waals surface area contributed by atoms with Crippen molar-refractivity contribution in [3.8, 4) is 0 Å². The highest BCUT2D eigenvalue weighted by Crippen LogP contribution is 2.23. The van der Waals surface area contributed by atoms with E-state index in [1.807, 2.05) is 0 Å². The van der Waals surface area contributed by atoms with Gasteiger partial charge in [-0.05, 0) is 12.8 Å². The molecule has 1 rings (SSSR count). The van der Waals surface area contributed by atoms with Gasteiger partial charge in [-0.1, -0.05) is 13.8 Å². The number of nitrogens with one attached hydrogen (secondary N) is 1. The van der Waals surface area contributed by atoms with E-state index in [0.717, 1.165) is 12.8 Å². The molecule has 1 aliphatic rings. The number of hydrogen-bond donors (Lipinski definition) is 1. The fourth-order valence-electron chi connectivity index (χ4n) is 1.16. The first-order valence-electron chi connectivity index (χ1n) is 3.58. The van der Waals surface area contributed by atoms with Crippen LogP contribution in [0.25, 0.3) is 0 Å². The highest BCUT2D eigenvalue weighted by molar-refractivity contribution is 5.85. The van der Waals surface area contributed by atoms with Crippen molar-refractivity contribution in [3.63, 3.8) is 0 Å². The summed E-state index contributed by atoms with van der Waals surface area (Å²) in [6.07, 6.45) is 0.914. The molecule has 0 aromatic heterocycles. The van der Waals surface area contributed by atoms with Gasteiger partial charge in [-0.25, -0.2) is 4.39 Å². The summed E-state index contributed by atoms with van der Waals surface area (Å²) in [6.45, 7) is 4.18. The molecule has 0 aromatic rings. The number of rotatable bonds is 2. The molecule has 0 bridgehead atoms. The Bertz CT molecular complexity index is 91.6. The first-order chi connectivity index (χ1) is 4.18. The van der Waals surface area contributed by atoms with Crippen molar-refractivity contribution in [1.29, 1.82) is 0 Å². The van der Waals surface area contributed by atoms with Gasteiger partial charge in [-0.15, -0.1) is 12.4 Å². The van der Waals surface area contributed by atoms with Crippen LogP contribution < -0.4 is 5.32 Å². The van der Waals surface area contributed by atoms with Crippen molar-refractivity contribution >= 4 is 12.4 Å². The minimum atomic E-state index is -0.527. The zero-order valence-corrected chi connectivity index (χ0v) is 7.25. The third kappa shape index (κ3) is 2.84. The monoisotopic (exact) mass is 167 g/mol. The second-order valence-electron chi connectivity index (χ2n) is 3.09. The zero-order valence-electron chi connectivity index (χ0n) is 6.43. The van der Waals surface area contributed by atoms with Crippen LogP contribution in [0, 0.1) is 0 Å². The Kier molecular flexibility index (Phi) is 4.22. The summed E-state index contributed by atoms with van der Waals surface area (Å²) in [4.78, 5) is 0. The van der Waals surface area contributed by atoms with E-state index >= 15 is 0 Å². The second-order valence-corrected chi connectivity index (χ2v) is 3.09. The van der Waals surface area contributed by atoms with E-state index in [1.165, 1.54) is 0 Å². The summed E-state index contributed by atoms with van der Waals surface area (Å²) in [7, 11) is 0. The lowest BCUT2D eigenvalue weighted by molar-refractivity contribution is 0.150. The third-order valence-corrected chi connectivity index (χ3v) is 1.65. The van der Waals surface area contributed by atoms with E-state index in [0.29, 0.717) is 12.1 Å². The van der Waals surface area contributed by atoms with Crippen LogP contribution in [0.5, 0.6) is 0 Å². The van der Waals surface area contributed by atoms with Gasteiger partial charge in [0.05, 0.1) is 0 Å². The van der Waals surface area contributed by atoms with E-state index in [2.05, 4.69) is 19.2 Å². The standard InChI is InChI=1S/C7H14FN.ClH/c1-5(2)9-7-3-6(8)4-7;/h5-7,9H,3-4H2,1-2H3;1H/t6-,7-;. The lowest BCUT2D eigenvalue weighted by Crippen LogP contribution is -2.45. The Labute approximate surface area is 67.8 Å². The van der Waals surface area contributed by atoms with Gasteiger partial charge in [-0.2, -0.15) is 0 Å². The highest BCUT2D eigenvalue weighted by atomic mass is 35.5. The van der Waals surface area contributed by atoms with E-state index in [9.17, 15) is 4.39 Å². The van der Waals surface area contributed by atoms with E-state index in [4.69, 9.17) is 0 Å². The van der Waals surface area contributed by atoms with Crippen LogP contribution in [0.15, 0.2) is 0 Å². The molecule has 1 fully saturated rings. The van der Waals surface area contributed by atoms with Crippen LogP contribution in [0.3, 0.4) is 0 Å². The van der Waals surface area contributed by atoms with E-state index in [1.54, 1.807) is 0 Å². The molecule has 1 aliphatic carbocycles. The molecular weight excluding hydrogens is 153 g/mol. The van der Waals surface area contributed by atoms with Gasteiger partial charge in [0.15, 0.2) is 0 Å². The van der Waals surface area contributed by atoms with Crippen molar-refractivity contribution in [2.75, 3.05) is 0 Å². The maximum absolute atomic E-state index is 12.2. The zero-order chi connectivity index (χ0) is 6.85. The maximum atomic E-state index is 12.2. The Balaban J connectivity index is 0.000000810. The average molecular weight is 168 g/mol. The summed E-state index contributed by atoms with van der Waals surface area (Å²) < 4.78 is 12.2. The minimum absolute atomic E-state index is 0. The summed E-state index contributed by atoms with van der Waals surface area (Å²) in [6, 6.07) is 0.961. The van der Waals surface area contributed by atoms with Gasteiger partial charge >= 0.3 is 0 Å². The fraction of sp³-hybridized carbons (Fsp3) is 1.00. The highest BCUT2D eigenvalue weighted by Gasteiger charge is 2.28. The molecule has 0 atom stereocenters. The SMILES string of the molecule is CC(C)N[C@H]1C[C@H](F)C1.Cl. The van der Waals surface area contributed by atoms with Crippen LogP contribution in [0.4, 0.5) is 4.39 Å². The van der Waals surface area contributed by atoms with E-state index < -0.39 is 6.17 Å². The summed E-state index contributed by atoms with van der Waals surface area (Å²) in [5, 5.41) is 3.27. The molecule has 1 saturated carbocycles. The van der Waals surface area contributed by atoms with Crippen LogP contribution in [-0.2, 0) is 0 Å². The summed E-state index contributed by atoms with van der Waals surface area (Å²) in [5.41, 5.74) is 0. The molecular formula is C7H15ClFN. The van der Waals surface area contributed by atoms with Crippen LogP contribution >= 0.6 is 12.4 Å². The first kappa shape index (κ1) is 10.2. The lowest BCUT2D eigenvalue weighted by atomic mass is 9.90. The quantitative estimate of drug-likeness (QED) is 0.663. The molecule has 1 nitrogen and oxygen atoms in total. The molecule has 1 N–H and O–H groups in total. The topological polar surface area (TPSA) is 12.0 Å². The number of halogens is 2. The van der Waals surface area contributed by atoms with E-state index in [-0.39, 0.29) is 12.4 Å². The van der Waals surface area contributed by atoms with Crippen LogP contribution in [0.1, 0.15) is 26.7 Å². The van der Waals surface area contributed by atoms with Crippen molar-refractivity contribution in [2.24, 2.45) is 0 Å². The van der Waals surface area contributed by atoms with Gasteiger partial charge in [0.2, 0.25) is 0 Å². The third-order valence-electron chi connectivity index (χ3n) is 1.65.